The van der Waals surface area contributed by atoms with Gasteiger partial charge >= 0.3 is 0 Å². The van der Waals surface area contributed by atoms with E-state index in [0.29, 0.717) is 6.04 Å². The van der Waals surface area contributed by atoms with Crippen LogP contribution in [0.3, 0.4) is 0 Å². The highest BCUT2D eigenvalue weighted by atomic mass is 15.4. The average Bonchev–Trinajstić information content (AvgIpc) is 2.86. The van der Waals surface area contributed by atoms with Gasteiger partial charge in [-0.1, -0.05) is 0 Å². The summed E-state index contributed by atoms with van der Waals surface area (Å²) in [4.78, 5) is 13.2. The Labute approximate surface area is 115 Å². The number of imidazole rings is 1. The van der Waals surface area contributed by atoms with Crippen molar-refractivity contribution in [1.82, 2.24) is 25.1 Å². The fourth-order valence-electron chi connectivity index (χ4n) is 2.87. The van der Waals surface area contributed by atoms with Gasteiger partial charge < -0.3 is 10.3 Å². The van der Waals surface area contributed by atoms with Gasteiger partial charge in [-0.2, -0.15) is 0 Å². The number of nitrogens with zero attached hydrogens (tertiary/aromatic N) is 3. The first-order valence-electron chi connectivity index (χ1n) is 7.26. The van der Waals surface area contributed by atoms with E-state index in [1.54, 1.807) is 0 Å². The molecule has 0 amide bonds. The summed E-state index contributed by atoms with van der Waals surface area (Å²) in [5.41, 5.74) is 1.33. The maximum Gasteiger partial charge on any atom is 0.125 e. The predicted octanol–water partition coefficient (Wildman–Crippen LogP) is 0.970. The molecule has 0 radical (unpaired) electrons. The average molecular weight is 263 g/mol. The van der Waals surface area contributed by atoms with Crippen LogP contribution in [0.2, 0.25) is 0 Å². The van der Waals surface area contributed by atoms with Crippen LogP contribution in [-0.2, 0) is 6.54 Å². The van der Waals surface area contributed by atoms with E-state index in [0.717, 1.165) is 18.9 Å². The van der Waals surface area contributed by atoms with E-state index in [-0.39, 0.29) is 5.54 Å². The third kappa shape index (κ3) is 2.99. The molecule has 2 N–H and O–H groups in total. The van der Waals surface area contributed by atoms with Gasteiger partial charge in [0.1, 0.15) is 5.82 Å². The SMILES string of the molecule is CC(C)(C)NCc1cnc(C2CN3CCN2CC3)[nH]1. The first-order valence-corrected chi connectivity index (χ1v) is 7.26. The molecule has 5 nitrogen and oxygen atoms in total. The standard InChI is InChI=1S/C14H25N5/c1-14(2,3)16-9-11-8-15-13(17-11)12-10-18-4-6-19(12)7-5-18/h8,12,16H,4-7,9-10H2,1-3H3,(H,15,17). The molecular weight excluding hydrogens is 238 g/mol. The van der Waals surface area contributed by atoms with Crippen molar-refractivity contribution >= 4 is 0 Å². The summed E-state index contributed by atoms with van der Waals surface area (Å²) >= 11 is 0. The Bertz CT molecular complexity index is 425. The highest BCUT2D eigenvalue weighted by molar-refractivity contribution is 5.08. The van der Waals surface area contributed by atoms with E-state index in [1.807, 2.05) is 6.20 Å². The van der Waals surface area contributed by atoms with Gasteiger partial charge in [0.25, 0.3) is 0 Å². The fraction of sp³-hybridized carbons (Fsp3) is 0.786. The molecule has 19 heavy (non-hydrogen) atoms. The fourth-order valence-corrected chi connectivity index (χ4v) is 2.87. The monoisotopic (exact) mass is 263 g/mol. The zero-order chi connectivity index (χ0) is 13.5. The molecule has 4 rings (SSSR count). The number of rotatable bonds is 3. The first kappa shape index (κ1) is 13.1. The van der Waals surface area contributed by atoms with Gasteiger partial charge in [-0.3, -0.25) is 9.80 Å². The Morgan fingerprint density at radius 3 is 2.63 bits per heavy atom. The number of H-pyrrole nitrogens is 1. The molecule has 1 unspecified atom stereocenters. The molecule has 0 aromatic carbocycles. The van der Waals surface area contributed by atoms with Crippen molar-refractivity contribution < 1.29 is 0 Å². The zero-order valence-corrected chi connectivity index (χ0v) is 12.2. The van der Waals surface area contributed by atoms with E-state index >= 15 is 0 Å². The molecule has 3 aliphatic heterocycles. The largest absolute Gasteiger partial charge is 0.343 e. The maximum absolute atomic E-state index is 4.60. The van der Waals surface area contributed by atoms with Crippen molar-refractivity contribution in [2.24, 2.45) is 0 Å². The third-order valence-corrected chi connectivity index (χ3v) is 4.05. The van der Waals surface area contributed by atoms with Crippen LogP contribution in [0.5, 0.6) is 0 Å². The van der Waals surface area contributed by atoms with Crippen molar-refractivity contribution in [3.63, 3.8) is 0 Å². The van der Waals surface area contributed by atoms with Crippen LogP contribution in [0, 0.1) is 0 Å². The summed E-state index contributed by atoms with van der Waals surface area (Å²) in [6.45, 7) is 13.3. The zero-order valence-electron chi connectivity index (χ0n) is 12.2. The second kappa shape index (κ2) is 4.89. The molecular formula is C14H25N5. The lowest BCUT2D eigenvalue weighted by Crippen LogP contribution is -2.57. The molecule has 0 saturated carbocycles. The molecule has 0 aliphatic carbocycles. The van der Waals surface area contributed by atoms with E-state index in [2.05, 4.69) is 45.9 Å². The quantitative estimate of drug-likeness (QED) is 0.853. The molecule has 2 bridgehead atoms. The van der Waals surface area contributed by atoms with Crippen molar-refractivity contribution in [2.45, 2.75) is 38.9 Å². The highest BCUT2D eigenvalue weighted by Crippen LogP contribution is 2.26. The van der Waals surface area contributed by atoms with E-state index in [9.17, 15) is 0 Å². The van der Waals surface area contributed by atoms with Gasteiger partial charge in [-0.15, -0.1) is 0 Å². The number of fused-ring (bicyclic) bond motifs is 3. The van der Waals surface area contributed by atoms with Gasteiger partial charge in [-0.25, -0.2) is 4.98 Å². The summed E-state index contributed by atoms with van der Waals surface area (Å²) in [5.74, 6) is 1.13. The third-order valence-electron chi connectivity index (χ3n) is 4.05. The molecule has 4 heterocycles. The minimum Gasteiger partial charge on any atom is -0.343 e. The second-order valence-corrected chi connectivity index (χ2v) is 6.75. The number of aromatic amines is 1. The molecule has 5 heteroatoms. The Morgan fingerprint density at radius 2 is 2.05 bits per heavy atom. The van der Waals surface area contributed by atoms with Crippen molar-refractivity contribution in [3.8, 4) is 0 Å². The van der Waals surface area contributed by atoms with Crippen LogP contribution in [0.15, 0.2) is 6.20 Å². The predicted molar refractivity (Wildman–Crippen MR) is 75.9 cm³/mol. The van der Waals surface area contributed by atoms with Gasteiger partial charge in [0.05, 0.1) is 6.04 Å². The topological polar surface area (TPSA) is 47.2 Å². The lowest BCUT2D eigenvalue weighted by molar-refractivity contribution is 0.00895. The normalized spacial score (nSPS) is 30.8. The van der Waals surface area contributed by atoms with Gasteiger partial charge in [0.2, 0.25) is 0 Å². The lowest BCUT2D eigenvalue weighted by Gasteiger charge is -2.46. The van der Waals surface area contributed by atoms with Gasteiger partial charge in [0.15, 0.2) is 0 Å². The first-order chi connectivity index (χ1) is 9.01. The molecule has 106 valence electrons. The van der Waals surface area contributed by atoms with E-state index in [4.69, 9.17) is 0 Å². The van der Waals surface area contributed by atoms with E-state index in [1.165, 1.54) is 31.9 Å². The van der Waals surface area contributed by atoms with E-state index < -0.39 is 0 Å². The van der Waals surface area contributed by atoms with Crippen LogP contribution in [0.4, 0.5) is 0 Å². The molecule has 1 atom stereocenters. The molecule has 1 aromatic rings. The van der Waals surface area contributed by atoms with Gasteiger partial charge in [0, 0.05) is 56.7 Å². The maximum atomic E-state index is 4.60. The van der Waals surface area contributed by atoms with Crippen molar-refractivity contribution in [3.05, 3.63) is 17.7 Å². The highest BCUT2D eigenvalue weighted by Gasteiger charge is 2.34. The molecule has 1 aromatic heterocycles. The number of nitrogens with one attached hydrogen (secondary N) is 2. The minimum absolute atomic E-state index is 0.143. The number of hydrogen-bond donors (Lipinski definition) is 2. The molecule has 3 saturated heterocycles. The molecule has 3 fully saturated rings. The summed E-state index contributed by atoms with van der Waals surface area (Å²) < 4.78 is 0. The Hall–Kier alpha value is -0.910. The second-order valence-electron chi connectivity index (χ2n) is 6.75. The smallest absolute Gasteiger partial charge is 0.125 e. The van der Waals surface area contributed by atoms with Crippen LogP contribution in [-0.4, -0.2) is 58.0 Å². The lowest BCUT2D eigenvalue weighted by atomic mass is 10.1. The number of aromatic nitrogens is 2. The van der Waals surface area contributed by atoms with Crippen molar-refractivity contribution in [2.75, 3.05) is 32.7 Å². The summed E-state index contributed by atoms with van der Waals surface area (Å²) in [6.07, 6.45) is 1.98. The van der Waals surface area contributed by atoms with Crippen LogP contribution in [0.25, 0.3) is 0 Å². The number of piperazine rings is 3. The minimum atomic E-state index is 0.143. The Kier molecular flexibility index (Phi) is 3.37. The van der Waals surface area contributed by atoms with Crippen molar-refractivity contribution in [1.29, 1.82) is 0 Å². The Balaban J connectivity index is 1.65. The summed E-state index contributed by atoms with van der Waals surface area (Å²) in [7, 11) is 0. The van der Waals surface area contributed by atoms with Crippen LogP contribution >= 0.6 is 0 Å². The number of hydrogen-bond acceptors (Lipinski definition) is 4. The Morgan fingerprint density at radius 1 is 1.32 bits per heavy atom. The summed E-state index contributed by atoms with van der Waals surface area (Å²) in [6, 6.07) is 0.464. The van der Waals surface area contributed by atoms with Crippen LogP contribution < -0.4 is 5.32 Å². The van der Waals surface area contributed by atoms with Crippen LogP contribution in [0.1, 0.15) is 38.3 Å². The summed E-state index contributed by atoms with van der Waals surface area (Å²) in [5, 5.41) is 3.49. The van der Waals surface area contributed by atoms with Gasteiger partial charge in [-0.05, 0) is 20.8 Å². The molecule has 3 aliphatic rings. The molecule has 0 spiro atoms.